The Bertz CT molecular complexity index is 681. The molecular formula is C15H19NO6S. The molecule has 0 spiro atoms. The van der Waals surface area contributed by atoms with Gasteiger partial charge in [0.1, 0.15) is 6.04 Å². The molecule has 7 nitrogen and oxygen atoms in total. The number of aliphatic carboxylic acids is 1. The largest absolute Gasteiger partial charge is 0.480 e. The van der Waals surface area contributed by atoms with Crippen LogP contribution in [0.4, 0.5) is 0 Å². The second-order valence-electron chi connectivity index (χ2n) is 5.81. The van der Waals surface area contributed by atoms with Crippen LogP contribution < -0.4 is 4.72 Å². The number of methoxy groups -OCH3 is 1. The molecule has 0 aliphatic heterocycles. The predicted octanol–water partition coefficient (Wildman–Crippen LogP) is 1.07. The fraction of sp³-hybridized carbons (Fsp3) is 0.467. The first-order valence-electron chi connectivity index (χ1n) is 7.11. The summed E-state index contributed by atoms with van der Waals surface area (Å²) < 4.78 is 31.4. The third kappa shape index (κ3) is 4.77. The summed E-state index contributed by atoms with van der Waals surface area (Å²) in [6.07, 6.45) is 1.23. The van der Waals surface area contributed by atoms with E-state index in [1.165, 1.54) is 7.11 Å². The number of carboxylic acids is 1. The van der Waals surface area contributed by atoms with Crippen LogP contribution in [0.5, 0.6) is 0 Å². The monoisotopic (exact) mass is 341 g/mol. The molecule has 2 rings (SSSR count). The Morgan fingerprint density at radius 1 is 1.30 bits per heavy atom. The predicted molar refractivity (Wildman–Crippen MR) is 82.0 cm³/mol. The van der Waals surface area contributed by atoms with Gasteiger partial charge in [0.05, 0.1) is 19.3 Å². The van der Waals surface area contributed by atoms with E-state index in [4.69, 9.17) is 0 Å². The lowest BCUT2D eigenvalue weighted by molar-refractivity contribution is -0.142. The van der Waals surface area contributed by atoms with Crippen molar-refractivity contribution in [1.82, 2.24) is 4.72 Å². The van der Waals surface area contributed by atoms with Crippen LogP contribution in [0.15, 0.2) is 30.3 Å². The van der Waals surface area contributed by atoms with E-state index in [2.05, 4.69) is 9.46 Å². The van der Waals surface area contributed by atoms with E-state index in [-0.39, 0.29) is 12.2 Å². The molecule has 0 radical (unpaired) electrons. The number of hydrogen-bond acceptors (Lipinski definition) is 5. The highest BCUT2D eigenvalue weighted by Crippen LogP contribution is 2.50. The minimum Gasteiger partial charge on any atom is -0.480 e. The second-order valence-corrected chi connectivity index (χ2v) is 7.57. The molecule has 0 bridgehead atoms. The molecule has 0 saturated heterocycles. The summed E-state index contributed by atoms with van der Waals surface area (Å²) in [6, 6.07) is 6.73. The SMILES string of the molecule is COC(=O)CC1(CS(=O)(=O)N[C@@H](C(=O)O)c2ccccc2)CC1. The van der Waals surface area contributed by atoms with Gasteiger partial charge in [-0.2, -0.15) is 4.72 Å². The van der Waals surface area contributed by atoms with Gasteiger partial charge in [0, 0.05) is 0 Å². The van der Waals surface area contributed by atoms with Crippen molar-refractivity contribution in [2.45, 2.75) is 25.3 Å². The molecule has 1 aliphatic carbocycles. The fourth-order valence-electron chi connectivity index (χ4n) is 2.46. The zero-order valence-electron chi connectivity index (χ0n) is 12.7. The van der Waals surface area contributed by atoms with E-state index in [0.717, 1.165) is 0 Å². The van der Waals surface area contributed by atoms with Crippen molar-refractivity contribution in [1.29, 1.82) is 0 Å². The smallest absolute Gasteiger partial charge is 0.326 e. The minimum atomic E-state index is -3.86. The summed E-state index contributed by atoms with van der Waals surface area (Å²) >= 11 is 0. The number of esters is 1. The van der Waals surface area contributed by atoms with E-state index in [9.17, 15) is 23.1 Å². The first-order chi connectivity index (χ1) is 10.8. The van der Waals surface area contributed by atoms with Gasteiger partial charge in [-0.1, -0.05) is 30.3 Å². The van der Waals surface area contributed by atoms with Crippen molar-refractivity contribution in [2.75, 3.05) is 12.9 Å². The summed E-state index contributed by atoms with van der Waals surface area (Å²) in [6.45, 7) is 0. The first-order valence-corrected chi connectivity index (χ1v) is 8.77. The zero-order chi connectivity index (χ0) is 17.1. The van der Waals surface area contributed by atoms with Crippen molar-refractivity contribution in [3.63, 3.8) is 0 Å². The maximum absolute atomic E-state index is 12.3. The van der Waals surface area contributed by atoms with Crippen LogP contribution in [-0.2, 0) is 24.3 Å². The van der Waals surface area contributed by atoms with Crippen LogP contribution in [0.25, 0.3) is 0 Å². The summed E-state index contributed by atoms with van der Waals surface area (Å²) in [5.41, 5.74) is -0.292. The first kappa shape index (κ1) is 17.4. The van der Waals surface area contributed by atoms with Crippen molar-refractivity contribution >= 4 is 22.0 Å². The number of carbonyl (C=O) groups excluding carboxylic acids is 1. The molecule has 0 amide bonds. The van der Waals surface area contributed by atoms with Gasteiger partial charge in [0.15, 0.2) is 0 Å². The van der Waals surface area contributed by atoms with Crippen LogP contribution >= 0.6 is 0 Å². The van der Waals surface area contributed by atoms with Crippen LogP contribution in [0.1, 0.15) is 30.9 Å². The third-order valence-corrected chi connectivity index (χ3v) is 5.46. The Morgan fingerprint density at radius 2 is 1.91 bits per heavy atom. The van der Waals surface area contributed by atoms with Gasteiger partial charge >= 0.3 is 11.9 Å². The average molecular weight is 341 g/mol. The summed E-state index contributed by atoms with van der Waals surface area (Å²) in [5.74, 6) is -2.03. The van der Waals surface area contributed by atoms with Gasteiger partial charge in [-0.05, 0) is 23.8 Å². The summed E-state index contributed by atoms with van der Waals surface area (Å²) in [4.78, 5) is 22.8. The number of nitrogens with one attached hydrogen (secondary N) is 1. The molecule has 2 N–H and O–H groups in total. The number of carbonyl (C=O) groups is 2. The second kappa shape index (κ2) is 6.67. The van der Waals surface area contributed by atoms with Crippen molar-refractivity contribution in [3.8, 4) is 0 Å². The van der Waals surface area contributed by atoms with Gasteiger partial charge in [0.25, 0.3) is 0 Å². The molecule has 8 heteroatoms. The van der Waals surface area contributed by atoms with E-state index < -0.39 is 33.4 Å². The molecule has 23 heavy (non-hydrogen) atoms. The highest BCUT2D eigenvalue weighted by Gasteiger charge is 2.48. The number of benzene rings is 1. The van der Waals surface area contributed by atoms with E-state index >= 15 is 0 Å². The summed E-state index contributed by atoms with van der Waals surface area (Å²) in [7, 11) is -2.61. The molecule has 1 fully saturated rings. The highest BCUT2D eigenvalue weighted by atomic mass is 32.2. The summed E-state index contributed by atoms with van der Waals surface area (Å²) in [5, 5.41) is 9.29. The van der Waals surface area contributed by atoms with Crippen molar-refractivity contribution < 1.29 is 27.9 Å². The highest BCUT2D eigenvalue weighted by molar-refractivity contribution is 7.89. The molecule has 1 aromatic rings. The number of rotatable bonds is 8. The maximum Gasteiger partial charge on any atom is 0.326 e. The van der Waals surface area contributed by atoms with Crippen LogP contribution in [0.3, 0.4) is 0 Å². The number of hydrogen-bond donors (Lipinski definition) is 2. The average Bonchev–Trinajstić information content (AvgIpc) is 3.23. The third-order valence-electron chi connectivity index (χ3n) is 3.88. The Labute approximate surface area is 134 Å². The molecule has 1 saturated carbocycles. The van der Waals surface area contributed by atoms with Gasteiger partial charge in [-0.15, -0.1) is 0 Å². The van der Waals surface area contributed by atoms with Gasteiger partial charge in [-0.3, -0.25) is 9.59 Å². The van der Waals surface area contributed by atoms with Crippen LogP contribution in [-0.4, -0.2) is 38.3 Å². The molecule has 1 atom stereocenters. The Hall–Kier alpha value is -1.93. The number of ether oxygens (including phenoxy) is 1. The minimum absolute atomic E-state index is 0.0213. The molecular weight excluding hydrogens is 322 g/mol. The standard InChI is InChI=1S/C15H19NO6S/c1-22-12(17)9-15(7-8-15)10-23(20,21)16-13(14(18)19)11-5-3-2-4-6-11/h2-6,13,16H,7-10H2,1H3,(H,18,19)/t13-/m1/s1. The normalized spacial score (nSPS) is 17.3. The van der Waals surface area contributed by atoms with Gasteiger partial charge in [0.2, 0.25) is 10.0 Å². The molecule has 1 aromatic carbocycles. The Balaban J connectivity index is 2.10. The quantitative estimate of drug-likeness (QED) is 0.685. The van der Waals surface area contributed by atoms with Crippen molar-refractivity contribution in [3.05, 3.63) is 35.9 Å². The van der Waals surface area contributed by atoms with E-state index in [0.29, 0.717) is 18.4 Å². The lowest BCUT2D eigenvalue weighted by Crippen LogP contribution is -2.37. The molecule has 0 unspecified atom stereocenters. The maximum atomic E-state index is 12.3. The van der Waals surface area contributed by atoms with E-state index in [1.54, 1.807) is 30.3 Å². The lowest BCUT2D eigenvalue weighted by atomic mass is 10.1. The Morgan fingerprint density at radius 3 is 2.39 bits per heavy atom. The van der Waals surface area contributed by atoms with Gasteiger partial charge in [-0.25, -0.2) is 8.42 Å². The fourth-order valence-corrected chi connectivity index (χ4v) is 4.33. The molecule has 0 heterocycles. The van der Waals surface area contributed by atoms with Crippen molar-refractivity contribution in [2.24, 2.45) is 5.41 Å². The van der Waals surface area contributed by atoms with Crippen LogP contribution in [0.2, 0.25) is 0 Å². The number of sulfonamides is 1. The lowest BCUT2D eigenvalue weighted by Gasteiger charge is -2.18. The molecule has 1 aliphatic rings. The van der Waals surface area contributed by atoms with Crippen LogP contribution in [0, 0.1) is 5.41 Å². The zero-order valence-corrected chi connectivity index (χ0v) is 13.5. The number of carboxylic acid groups (broad SMARTS) is 1. The Kier molecular flexibility index (Phi) is 5.06. The van der Waals surface area contributed by atoms with Gasteiger partial charge < -0.3 is 9.84 Å². The molecule has 0 aromatic heterocycles. The topological polar surface area (TPSA) is 110 Å². The van der Waals surface area contributed by atoms with E-state index in [1.807, 2.05) is 0 Å². The molecule has 126 valence electrons.